The number of hydrogen-bond donors (Lipinski definition) is 1. The Morgan fingerprint density at radius 3 is 2.76 bits per heavy atom. The van der Waals surface area contributed by atoms with Crippen LogP contribution < -0.4 is 0 Å². The molecule has 0 spiro atoms. The van der Waals surface area contributed by atoms with Gasteiger partial charge in [-0.05, 0) is 48.9 Å². The topological polar surface area (TPSA) is 117 Å². The smallest absolute Gasteiger partial charge is 0.283 e. The molecule has 2 aromatic rings. The number of halogens is 1. The van der Waals surface area contributed by atoms with Gasteiger partial charge in [0.25, 0.3) is 11.6 Å². The van der Waals surface area contributed by atoms with Crippen molar-refractivity contribution >= 4 is 57.1 Å². The molecule has 0 radical (unpaired) electrons. The van der Waals surface area contributed by atoms with Crippen molar-refractivity contribution in [2.24, 2.45) is 16.0 Å². The lowest BCUT2D eigenvalue weighted by Gasteiger charge is -2.20. The number of hydrazone groups is 1. The number of carbonyl (C=O) groups is 1. The van der Waals surface area contributed by atoms with E-state index in [1.54, 1.807) is 35.0 Å². The summed E-state index contributed by atoms with van der Waals surface area (Å²) in [6.45, 7) is 0. The lowest BCUT2D eigenvalue weighted by Crippen LogP contribution is -2.35. The minimum Gasteiger partial charge on any atom is -0.316 e. The van der Waals surface area contributed by atoms with E-state index >= 15 is 0 Å². The lowest BCUT2D eigenvalue weighted by molar-refractivity contribution is -0.384. The van der Waals surface area contributed by atoms with Crippen molar-refractivity contribution in [3.8, 4) is 5.69 Å². The van der Waals surface area contributed by atoms with E-state index in [1.807, 2.05) is 0 Å². The maximum absolute atomic E-state index is 12.8. The van der Waals surface area contributed by atoms with E-state index in [4.69, 9.17) is 17.0 Å². The number of thioether (sulfide) groups is 1. The first-order valence-electron chi connectivity index (χ1n) is 10.5. The predicted octanol–water partition coefficient (Wildman–Crippen LogP) is 5.24. The molecule has 3 heterocycles. The Morgan fingerprint density at radius 2 is 2.03 bits per heavy atom. The molecule has 5 rings (SSSR count). The molecule has 2 aliphatic heterocycles. The normalized spacial score (nSPS) is 20.2. The Hall–Kier alpha value is -3.24. The molecule has 0 unspecified atom stereocenters. The van der Waals surface area contributed by atoms with E-state index in [0.29, 0.717) is 22.5 Å². The Morgan fingerprint density at radius 1 is 1.24 bits per heavy atom. The number of rotatable bonds is 4. The molecule has 1 aromatic heterocycles. The van der Waals surface area contributed by atoms with E-state index in [2.05, 4.69) is 10.1 Å². The second kappa shape index (κ2) is 8.60. The average molecular weight is 483 g/mol. The highest BCUT2D eigenvalue weighted by Crippen LogP contribution is 2.36. The maximum atomic E-state index is 12.8. The molecule has 1 aromatic carbocycles. The Bertz CT molecular complexity index is 1270. The van der Waals surface area contributed by atoms with Gasteiger partial charge in [-0.1, -0.05) is 30.9 Å². The van der Waals surface area contributed by atoms with Crippen molar-refractivity contribution in [2.75, 3.05) is 0 Å². The summed E-state index contributed by atoms with van der Waals surface area (Å²) < 4.78 is 1.70. The molecule has 1 fully saturated rings. The zero-order valence-corrected chi connectivity index (χ0v) is 19.0. The number of amides is 1. The summed E-state index contributed by atoms with van der Waals surface area (Å²) in [4.78, 5) is 27.5. The highest BCUT2D eigenvalue weighted by Gasteiger charge is 2.38. The number of non-ortho nitro benzene ring substituents is 1. The van der Waals surface area contributed by atoms with Crippen molar-refractivity contribution in [3.05, 3.63) is 62.9 Å². The quantitative estimate of drug-likeness (QED) is 0.363. The summed E-state index contributed by atoms with van der Waals surface area (Å²) in [5.41, 5.74) is 1.11. The van der Waals surface area contributed by atoms with Crippen LogP contribution in [0.25, 0.3) is 11.8 Å². The Kier molecular flexibility index (Phi) is 5.63. The summed E-state index contributed by atoms with van der Waals surface area (Å²) in [5.74, 6) is -0.166. The summed E-state index contributed by atoms with van der Waals surface area (Å²) in [6, 6.07) is 7.72. The predicted molar refractivity (Wildman–Crippen MR) is 129 cm³/mol. The molecule has 0 atom stereocenters. The number of benzene rings is 1. The molecule has 33 heavy (non-hydrogen) atoms. The zero-order chi connectivity index (χ0) is 23.1. The van der Waals surface area contributed by atoms with Crippen LogP contribution in [0.2, 0.25) is 5.02 Å². The van der Waals surface area contributed by atoms with Gasteiger partial charge >= 0.3 is 0 Å². The monoisotopic (exact) mass is 482 g/mol. The first-order valence-corrected chi connectivity index (χ1v) is 11.7. The zero-order valence-electron chi connectivity index (χ0n) is 17.4. The van der Waals surface area contributed by atoms with Crippen molar-refractivity contribution in [3.63, 3.8) is 0 Å². The number of nitro groups is 1. The number of nitro benzene ring substituents is 1. The second-order valence-electron chi connectivity index (χ2n) is 7.99. The van der Waals surface area contributed by atoms with Gasteiger partial charge in [0, 0.05) is 29.9 Å². The van der Waals surface area contributed by atoms with Crippen LogP contribution in [0, 0.1) is 21.4 Å². The first-order chi connectivity index (χ1) is 15.9. The highest BCUT2D eigenvalue weighted by molar-refractivity contribution is 8.27. The van der Waals surface area contributed by atoms with Crippen LogP contribution in [0.3, 0.4) is 0 Å². The summed E-state index contributed by atoms with van der Waals surface area (Å²) in [7, 11) is 0. The van der Waals surface area contributed by atoms with Gasteiger partial charge in [-0.2, -0.15) is 15.1 Å². The SMILES string of the molecule is N=C1/C(=C/c2cccn2-c2ccc([N+](=O)[O-])cc2Cl)C(=O)N=C2SC(C3CCCCC3)=NN12. The van der Waals surface area contributed by atoms with Gasteiger partial charge in [0.2, 0.25) is 5.17 Å². The number of hydrogen-bond acceptors (Lipinski definition) is 6. The fourth-order valence-electron chi connectivity index (χ4n) is 4.21. The fraction of sp³-hybridized carbons (Fsp3) is 0.273. The first kappa shape index (κ1) is 21.6. The van der Waals surface area contributed by atoms with Crippen LogP contribution in [-0.4, -0.2) is 36.5 Å². The van der Waals surface area contributed by atoms with Gasteiger partial charge in [-0.3, -0.25) is 20.3 Å². The molecule has 1 amide bonds. The minimum atomic E-state index is -0.512. The third kappa shape index (κ3) is 4.00. The standard InChI is InChI=1S/C22H19ClN6O3S/c23-17-12-15(29(31)32)8-9-18(17)27-10-4-7-14(27)11-16-19(24)28-22(25-20(16)30)33-21(26-28)13-5-2-1-3-6-13/h4,7-13,24H,1-3,5-6H2/b16-11-,24-19?. The molecular formula is C22H19ClN6O3S. The third-order valence-corrected chi connectivity index (χ3v) is 7.27. The van der Waals surface area contributed by atoms with Gasteiger partial charge in [0.05, 0.1) is 21.2 Å². The number of aromatic nitrogens is 1. The van der Waals surface area contributed by atoms with Gasteiger partial charge in [0.1, 0.15) is 5.04 Å². The molecule has 1 saturated carbocycles. The highest BCUT2D eigenvalue weighted by atomic mass is 35.5. The molecule has 1 N–H and O–H groups in total. The maximum Gasteiger partial charge on any atom is 0.283 e. The third-order valence-electron chi connectivity index (χ3n) is 5.90. The van der Waals surface area contributed by atoms with E-state index < -0.39 is 10.8 Å². The lowest BCUT2D eigenvalue weighted by atomic mass is 9.90. The van der Waals surface area contributed by atoms with E-state index in [1.165, 1.54) is 48.2 Å². The van der Waals surface area contributed by atoms with Crippen LogP contribution in [0.15, 0.2) is 52.2 Å². The second-order valence-corrected chi connectivity index (χ2v) is 9.38. The van der Waals surface area contributed by atoms with Crippen LogP contribution in [0.4, 0.5) is 5.69 Å². The van der Waals surface area contributed by atoms with Crippen molar-refractivity contribution in [2.45, 2.75) is 32.1 Å². The van der Waals surface area contributed by atoms with Crippen LogP contribution in [0.1, 0.15) is 37.8 Å². The van der Waals surface area contributed by atoms with Gasteiger partial charge in [0.15, 0.2) is 5.84 Å². The number of nitrogens with one attached hydrogen (secondary N) is 1. The number of carbonyl (C=O) groups excluding carboxylic acids is 1. The number of amidine groups is 2. The molecule has 3 aliphatic rings. The molecule has 9 nitrogen and oxygen atoms in total. The minimum absolute atomic E-state index is 0.0224. The summed E-state index contributed by atoms with van der Waals surface area (Å²) >= 11 is 7.68. The number of aliphatic imine (C=N–C) groups is 1. The number of fused-ring (bicyclic) bond motifs is 1. The van der Waals surface area contributed by atoms with Gasteiger partial charge in [-0.15, -0.1) is 0 Å². The van der Waals surface area contributed by atoms with Crippen LogP contribution in [0.5, 0.6) is 0 Å². The largest absolute Gasteiger partial charge is 0.316 e. The fourth-order valence-corrected chi connectivity index (χ4v) is 5.53. The van der Waals surface area contributed by atoms with Crippen molar-refractivity contribution in [1.82, 2.24) is 9.58 Å². The molecule has 168 valence electrons. The van der Waals surface area contributed by atoms with Crippen molar-refractivity contribution < 1.29 is 9.72 Å². The Labute approximate surface area is 198 Å². The van der Waals surface area contributed by atoms with Crippen molar-refractivity contribution in [1.29, 1.82) is 5.41 Å². The Balaban J connectivity index is 1.46. The molecule has 0 bridgehead atoms. The van der Waals surface area contributed by atoms with Gasteiger partial charge < -0.3 is 4.57 Å². The van der Waals surface area contributed by atoms with Crippen LogP contribution >= 0.6 is 23.4 Å². The van der Waals surface area contributed by atoms with Crippen LogP contribution in [-0.2, 0) is 4.79 Å². The molecular weight excluding hydrogens is 464 g/mol. The molecule has 11 heteroatoms. The van der Waals surface area contributed by atoms with E-state index in [9.17, 15) is 14.9 Å². The summed E-state index contributed by atoms with van der Waals surface area (Å²) in [6.07, 6.45) is 9.01. The average Bonchev–Trinajstić information content (AvgIpc) is 3.44. The van der Waals surface area contributed by atoms with E-state index in [0.717, 1.165) is 17.9 Å². The van der Waals surface area contributed by atoms with Gasteiger partial charge in [-0.25, -0.2) is 0 Å². The molecule has 1 aliphatic carbocycles. The number of nitrogens with zero attached hydrogens (tertiary/aromatic N) is 5. The summed E-state index contributed by atoms with van der Waals surface area (Å²) in [5, 5.41) is 27.2. The van der Waals surface area contributed by atoms with E-state index in [-0.39, 0.29) is 22.1 Å². The molecule has 0 saturated heterocycles.